The number of carbonyl (C=O) groups is 1. The van der Waals surface area contributed by atoms with Gasteiger partial charge in [0.1, 0.15) is 5.82 Å². The van der Waals surface area contributed by atoms with Crippen LogP contribution in [-0.2, 0) is 6.18 Å². The Labute approximate surface area is 175 Å². The van der Waals surface area contributed by atoms with Gasteiger partial charge in [0.25, 0.3) is 5.91 Å². The minimum Gasteiger partial charge on any atom is -0.307 e. The summed E-state index contributed by atoms with van der Waals surface area (Å²) in [5, 5.41) is 3.99. The van der Waals surface area contributed by atoms with E-state index in [-0.39, 0.29) is 5.91 Å². The summed E-state index contributed by atoms with van der Waals surface area (Å²) in [5.74, 6) is 0.0560. The lowest BCUT2D eigenvalue weighted by Gasteiger charge is -2.09. The molecule has 3 nitrogen and oxygen atoms in total. The van der Waals surface area contributed by atoms with Crippen LogP contribution in [0.5, 0.6) is 0 Å². The molecular formula is C23H14ClF3N2O. The van der Waals surface area contributed by atoms with Crippen LogP contribution in [0.15, 0.2) is 78.9 Å². The van der Waals surface area contributed by atoms with E-state index in [4.69, 9.17) is 11.6 Å². The van der Waals surface area contributed by atoms with E-state index in [2.05, 4.69) is 10.3 Å². The monoisotopic (exact) mass is 426 g/mol. The number of hydrogen-bond acceptors (Lipinski definition) is 2. The third kappa shape index (κ3) is 4.28. The van der Waals surface area contributed by atoms with Gasteiger partial charge in [0, 0.05) is 16.0 Å². The summed E-state index contributed by atoms with van der Waals surface area (Å²) in [7, 11) is 0. The molecule has 3 aromatic carbocycles. The van der Waals surface area contributed by atoms with Gasteiger partial charge >= 0.3 is 6.18 Å². The van der Waals surface area contributed by atoms with E-state index in [0.29, 0.717) is 27.5 Å². The average Bonchev–Trinajstić information content (AvgIpc) is 2.73. The Hall–Kier alpha value is -3.38. The highest BCUT2D eigenvalue weighted by molar-refractivity contribution is 6.31. The van der Waals surface area contributed by atoms with Gasteiger partial charge in [-0.15, -0.1) is 0 Å². The number of hydrogen-bond donors (Lipinski definition) is 1. The third-order valence-corrected chi connectivity index (χ3v) is 4.80. The second-order valence-corrected chi connectivity index (χ2v) is 7.08. The van der Waals surface area contributed by atoms with Crippen LogP contribution in [0.4, 0.5) is 19.0 Å². The van der Waals surface area contributed by atoms with Crippen molar-refractivity contribution < 1.29 is 18.0 Å². The lowest BCUT2D eigenvalue weighted by Crippen LogP contribution is -2.12. The summed E-state index contributed by atoms with van der Waals surface area (Å²) in [6, 6.07) is 20.4. The van der Waals surface area contributed by atoms with E-state index in [0.717, 1.165) is 23.1 Å². The highest BCUT2D eigenvalue weighted by Gasteiger charge is 2.29. The minimum absolute atomic E-state index is 0.328. The largest absolute Gasteiger partial charge is 0.416 e. The molecule has 0 bridgehead atoms. The van der Waals surface area contributed by atoms with Crippen molar-refractivity contribution in [1.29, 1.82) is 0 Å². The number of halogens is 4. The SMILES string of the molecule is O=C(Nc1ccc2cc(-c3ccc(C(F)(F)F)cc3)ccc2n1)c1cccc(Cl)c1. The van der Waals surface area contributed by atoms with Gasteiger partial charge in [-0.25, -0.2) is 4.98 Å². The van der Waals surface area contributed by atoms with Crippen molar-refractivity contribution in [3.63, 3.8) is 0 Å². The van der Waals surface area contributed by atoms with Gasteiger partial charge in [-0.3, -0.25) is 4.79 Å². The molecule has 0 aliphatic heterocycles. The Morgan fingerprint density at radius 1 is 0.867 bits per heavy atom. The molecule has 1 amide bonds. The van der Waals surface area contributed by atoms with Gasteiger partial charge in [0.15, 0.2) is 0 Å². The highest BCUT2D eigenvalue weighted by atomic mass is 35.5. The minimum atomic E-state index is -4.36. The van der Waals surface area contributed by atoms with E-state index in [9.17, 15) is 18.0 Å². The van der Waals surface area contributed by atoms with Crippen LogP contribution >= 0.6 is 11.6 Å². The average molecular weight is 427 g/mol. The molecule has 0 atom stereocenters. The van der Waals surface area contributed by atoms with Crippen molar-refractivity contribution in [2.45, 2.75) is 6.18 Å². The number of nitrogens with one attached hydrogen (secondary N) is 1. The molecular weight excluding hydrogens is 413 g/mol. The van der Waals surface area contributed by atoms with Crippen molar-refractivity contribution in [2.75, 3.05) is 5.32 Å². The quantitative estimate of drug-likeness (QED) is 0.390. The van der Waals surface area contributed by atoms with E-state index < -0.39 is 11.7 Å². The van der Waals surface area contributed by atoms with Crippen molar-refractivity contribution in [1.82, 2.24) is 4.98 Å². The maximum atomic E-state index is 12.7. The summed E-state index contributed by atoms with van der Waals surface area (Å²) in [4.78, 5) is 16.8. The van der Waals surface area contributed by atoms with Crippen LogP contribution < -0.4 is 5.32 Å². The lowest BCUT2D eigenvalue weighted by molar-refractivity contribution is -0.137. The molecule has 150 valence electrons. The number of rotatable bonds is 3. The smallest absolute Gasteiger partial charge is 0.307 e. The maximum Gasteiger partial charge on any atom is 0.416 e. The summed E-state index contributed by atoms with van der Waals surface area (Å²) in [5.41, 5.74) is 1.82. The summed E-state index contributed by atoms with van der Waals surface area (Å²) in [6.45, 7) is 0. The fourth-order valence-corrected chi connectivity index (χ4v) is 3.23. The number of fused-ring (bicyclic) bond motifs is 1. The fraction of sp³-hybridized carbons (Fsp3) is 0.0435. The molecule has 1 aromatic heterocycles. The molecule has 0 saturated carbocycles. The topological polar surface area (TPSA) is 42.0 Å². The van der Waals surface area contributed by atoms with Gasteiger partial charge in [-0.05, 0) is 65.7 Å². The second kappa shape index (κ2) is 7.80. The Morgan fingerprint density at radius 3 is 2.30 bits per heavy atom. The van der Waals surface area contributed by atoms with Gasteiger partial charge in [-0.1, -0.05) is 35.9 Å². The first kappa shape index (κ1) is 19.9. The fourth-order valence-electron chi connectivity index (χ4n) is 3.04. The molecule has 7 heteroatoms. The van der Waals surface area contributed by atoms with Gasteiger partial charge in [-0.2, -0.15) is 13.2 Å². The van der Waals surface area contributed by atoms with Crippen LogP contribution in [0.25, 0.3) is 22.0 Å². The lowest BCUT2D eigenvalue weighted by atomic mass is 10.0. The van der Waals surface area contributed by atoms with Crippen molar-refractivity contribution in [3.05, 3.63) is 95.0 Å². The number of pyridine rings is 1. The number of anilines is 1. The van der Waals surface area contributed by atoms with E-state index in [1.807, 2.05) is 6.07 Å². The van der Waals surface area contributed by atoms with Crippen LogP contribution in [0.2, 0.25) is 5.02 Å². The molecule has 0 aliphatic rings. The second-order valence-electron chi connectivity index (χ2n) is 6.64. The summed E-state index contributed by atoms with van der Waals surface area (Å²) >= 11 is 5.91. The zero-order valence-electron chi connectivity index (χ0n) is 15.4. The number of aromatic nitrogens is 1. The van der Waals surface area contributed by atoms with Gasteiger partial charge < -0.3 is 5.32 Å². The molecule has 0 aliphatic carbocycles. The molecule has 1 N–H and O–H groups in total. The Balaban J connectivity index is 1.57. The highest BCUT2D eigenvalue weighted by Crippen LogP contribution is 2.31. The number of carbonyl (C=O) groups excluding carboxylic acids is 1. The Morgan fingerprint density at radius 2 is 1.60 bits per heavy atom. The van der Waals surface area contributed by atoms with E-state index >= 15 is 0 Å². The molecule has 0 spiro atoms. The summed E-state index contributed by atoms with van der Waals surface area (Å²) < 4.78 is 38.2. The first-order valence-corrected chi connectivity index (χ1v) is 9.33. The Bertz CT molecular complexity index is 1240. The number of alkyl halides is 3. The Kier molecular flexibility index (Phi) is 5.18. The molecule has 30 heavy (non-hydrogen) atoms. The van der Waals surface area contributed by atoms with Crippen LogP contribution in [-0.4, -0.2) is 10.9 Å². The van der Waals surface area contributed by atoms with Crippen molar-refractivity contribution in [3.8, 4) is 11.1 Å². The zero-order chi connectivity index (χ0) is 21.3. The first-order chi connectivity index (χ1) is 14.3. The van der Waals surface area contributed by atoms with E-state index in [1.165, 1.54) is 12.1 Å². The predicted octanol–water partition coefficient (Wildman–Crippen LogP) is 6.83. The van der Waals surface area contributed by atoms with Gasteiger partial charge in [0.05, 0.1) is 11.1 Å². The predicted molar refractivity (Wildman–Crippen MR) is 112 cm³/mol. The number of nitrogens with zero attached hydrogens (tertiary/aromatic N) is 1. The first-order valence-electron chi connectivity index (χ1n) is 8.95. The molecule has 4 rings (SSSR count). The van der Waals surface area contributed by atoms with Crippen molar-refractivity contribution in [2.24, 2.45) is 0 Å². The molecule has 0 fully saturated rings. The standard InChI is InChI=1S/C23H14ClF3N2O/c24-19-3-1-2-17(13-19)22(30)29-21-11-7-16-12-15(6-10-20(16)28-21)14-4-8-18(9-5-14)23(25,26)27/h1-13H,(H,28,29,30). The molecule has 1 heterocycles. The van der Waals surface area contributed by atoms with Crippen LogP contribution in [0, 0.1) is 0 Å². The number of amides is 1. The zero-order valence-corrected chi connectivity index (χ0v) is 16.1. The van der Waals surface area contributed by atoms with E-state index in [1.54, 1.807) is 48.5 Å². The molecule has 0 saturated heterocycles. The molecule has 0 unspecified atom stereocenters. The summed E-state index contributed by atoms with van der Waals surface area (Å²) in [6.07, 6.45) is -4.36. The maximum absolute atomic E-state index is 12.7. The van der Waals surface area contributed by atoms with Crippen molar-refractivity contribution >= 4 is 34.2 Å². The molecule has 4 aromatic rings. The third-order valence-electron chi connectivity index (χ3n) is 4.56. The van der Waals surface area contributed by atoms with Crippen LogP contribution in [0.1, 0.15) is 15.9 Å². The normalized spacial score (nSPS) is 11.5. The number of benzene rings is 3. The molecule has 0 radical (unpaired) electrons. The van der Waals surface area contributed by atoms with Crippen LogP contribution in [0.3, 0.4) is 0 Å². The van der Waals surface area contributed by atoms with Gasteiger partial charge in [0.2, 0.25) is 0 Å².